The third-order valence-electron chi connectivity index (χ3n) is 5.06. The Morgan fingerprint density at radius 1 is 1.31 bits per heavy atom. The first-order valence-corrected chi connectivity index (χ1v) is 9.08. The molecule has 0 radical (unpaired) electrons. The van der Waals surface area contributed by atoms with Crippen molar-refractivity contribution in [2.45, 2.75) is 18.6 Å². The molecule has 0 saturated heterocycles. The van der Waals surface area contributed by atoms with Gasteiger partial charge in [0, 0.05) is 22.0 Å². The molecule has 0 amide bonds. The van der Waals surface area contributed by atoms with Crippen LogP contribution in [0.2, 0.25) is 0 Å². The van der Waals surface area contributed by atoms with E-state index in [0.29, 0.717) is 21.9 Å². The summed E-state index contributed by atoms with van der Waals surface area (Å²) in [6.07, 6.45) is 4.40. The second kappa shape index (κ2) is 5.79. The molecule has 1 aliphatic heterocycles. The zero-order valence-corrected chi connectivity index (χ0v) is 15.1. The van der Waals surface area contributed by atoms with Crippen molar-refractivity contribution in [1.82, 2.24) is 9.55 Å². The second-order valence-corrected chi connectivity index (χ2v) is 7.31. The molecule has 4 aromatic rings. The number of aliphatic hydroxyl groups excluding tert-OH is 1. The highest BCUT2D eigenvalue weighted by atomic mass is 79.9. The summed E-state index contributed by atoms with van der Waals surface area (Å²) in [7, 11) is 0. The number of nitrogens with zero attached hydrogens (tertiary/aromatic N) is 2. The molecule has 6 heteroatoms. The lowest BCUT2D eigenvalue weighted by Gasteiger charge is -2.20. The molecule has 1 aliphatic rings. The fourth-order valence-corrected chi connectivity index (χ4v) is 4.51. The van der Waals surface area contributed by atoms with Gasteiger partial charge in [0.25, 0.3) is 0 Å². The average Bonchev–Trinajstić information content (AvgIpc) is 3.33. The lowest BCUT2D eigenvalue weighted by molar-refractivity contribution is 0.149. The van der Waals surface area contributed by atoms with Gasteiger partial charge in [0.2, 0.25) is 0 Å². The summed E-state index contributed by atoms with van der Waals surface area (Å²) in [5.74, 6) is -0.451. The number of fused-ring (bicyclic) bond motifs is 4. The molecule has 2 atom stereocenters. The minimum absolute atomic E-state index is 0.0925. The molecule has 0 saturated carbocycles. The summed E-state index contributed by atoms with van der Waals surface area (Å²) in [4.78, 5) is 4.23. The standard InChI is InChI=1S/C20H14BrFN2O2/c21-14-7-18-13(5-6-26-18)20(22)19(14)17(25)8-15-11-3-1-2-4-12(11)16-9-23-10-24(15)16/h1-7,9-10,15,17,25H,8H2. The van der Waals surface area contributed by atoms with E-state index in [0.717, 1.165) is 16.8 Å². The van der Waals surface area contributed by atoms with Crippen LogP contribution in [0.15, 0.2) is 64.1 Å². The lowest BCUT2D eigenvalue weighted by Crippen LogP contribution is -2.12. The Balaban J connectivity index is 1.57. The number of benzene rings is 2. The number of furan rings is 1. The van der Waals surface area contributed by atoms with E-state index < -0.39 is 11.9 Å². The molecule has 5 rings (SSSR count). The van der Waals surface area contributed by atoms with Crippen molar-refractivity contribution in [3.05, 3.63) is 76.6 Å². The van der Waals surface area contributed by atoms with Gasteiger partial charge in [-0.1, -0.05) is 40.2 Å². The fourth-order valence-electron chi connectivity index (χ4n) is 3.86. The molecular formula is C20H14BrFN2O2. The van der Waals surface area contributed by atoms with Crippen molar-refractivity contribution in [2.24, 2.45) is 0 Å². The Morgan fingerprint density at radius 3 is 3.04 bits per heavy atom. The Labute approximate surface area is 157 Å². The Kier molecular flexibility index (Phi) is 3.52. The van der Waals surface area contributed by atoms with Crippen molar-refractivity contribution in [3.8, 4) is 11.3 Å². The molecule has 2 aromatic heterocycles. The van der Waals surface area contributed by atoms with Gasteiger partial charge in [0.15, 0.2) is 0 Å². The van der Waals surface area contributed by atoms with E-state index in [1.807, 2.05) is 35.0 Å². The first-order chi connectivity index (χ1) is 12.6. The number of imidazole rings is 1. The highest BCUT2D eigenvalue weighted by Gasteiger charge is 2.31. The molecule has 26 heavy (non-hydrogen) atoms. The maximum Gasteiger partial charge on any atom is 0.141 e. The highest BCUT2D eigenvalue weighted by molar-refractivity contribution is 9.10. The first kappa shape index (κ1) is 15.8. The zero-order chi connectivity index (χ0) is 17.8. The normalized spacial score (nSPS) is 16.7. The zero-order valence-electron chi connectivity index (χ0n) is 13.6. The van der Waals surface area contributed by atoms with Crippen molar-refractivity contribution in [1.29, 1.82) is 0 Å². The van der Waals surface area contributed by atoms with Crippen LogP contribution in [0.3, 0.4) is 0 Å². The van der Waals surface area contributed by atoms with Crippen molar-refractivity contribution < 1.29 is 13.9 Å². The number of halogens is 2. The molecule has 0 bridgehead atoms. The quantitative estimate of drug-likeness (QED) is 0.501. The maximum absolute atomic E-state index is 15.0. The van der Waals surface area contributed by atoms with Gasteiger partial charge in [-0.2, -0.15) is 0 Å². The van der Waals surface area contributed by atoms with E-state index in [-0.39, 0.29) is 11.6 Å². The molecule has 2 aromatic carbocycles. The van der Waals surface area contributed by atoms with Crippen molar-refractivity contribution in [3.63, 3.8) is 0 Å². The van der Waals surface area contributed by atoms with Gasteiger partial charge in [0.1, 0.15) is 11.4 Å². The summed E-state index contributed by atoms with van der Waals surface area (Å²) >= 11 is 3.38. The summed E-state index contributed by atoms with van der Waals surface area (Å²) in [5.41, 5.74) is 3.94. The van der Waals surface area contributed by atoms with Gasteiger partial charge in [-0.25, -0.2) is 9.37 Å². The third kappa shape index (κ3) is 2.19. The van der Waals surface area contributed by atoms with Gasteiger partial charge in [0.05, 0.1) is 42.0 Å². The average molecular weight is 413 g/mol. The maximum atomic E-state index is 15.0. The van der Waals surface area contributed by atoms with Crippen LogP contribution in [-0.4, -0.2) is 14.7 Å². The Morgan fingerprint density at radius 2 is 2.15 bits per heavy atom. The second-order valence-electron chi connectivity index (χ2n) is 6.46. The van der Waals surface area contributed by atoms with Crippen LogP contribution in [0.25, 0.3) is 22.2 Å². The van der Waals surface area contributed by atoms with Crippen LogP contribution in [0.1, 0.15) is 29.7 Å². The van der Waals surface area contributed by atoms with Crippen molar-refractivity contribution in [2.75, 3.05) is 0 Å². The molecule has 1 N–H and O–H groups in total. The largest absolute Gasteiger partial charge is 0.464 e. The predicted molar refractivity (Wildman–Crippen MR) is 99.3 cm³/mol. The smallest absolute Gasteiger partial charge is 0.141 e. The molecule has 130 valence electrons. The van der Waals surface area contributed by atoms with Gasteiger partial charge >= 0.3 is 0 Å². The van der Waals surface area contributed by atoms with Gasteiger partial charge in [-0.05, 0) is 17.7 Å². The first-order valence-electron chi connectivity index (χ1n) is 8.29. The van der Waals surface area contributed by atoms with E-state index in [1.165, 1.54) is 6.26 Å². The van der Waals surface area contributed by atoms with Crippen LogP contribution in [-0.2, 0) is 0 Å². The van der Waals surface area contributed by atoms with E-state index in [9.17, 15) is 9.50 Å². The van der Waals surface area contributed by atoms with E-state index in [4.69, 9.17) is 4.42 Å². The van der Waals surface area contributed by atoms with Gasteiger partial charge in [-0.3, -0.25) is 0 Å². The topological polar surface area (TPSA) is 51.2 Å². The Bertz CT molecular complexity index is 1130. The molecule has 0 spiro atoms. The number of hydrogen-bond donors (Lipinski definition) is 1. The molecule has 4 nitrogen and oxygen atoms in total. The van der Waals surface area contributed by atoms with Crippen LogP contribution in [0.4, 0.5) is 4.39 Å². The number of aliphatic hydroxyl groups is 1. The summed E-state index contributed by atoms with van der Waals surface area (Å²) in [6.45, 7) is 0. The summed E-state index contributed by atoms with van der Waals surface area (Å²) in [6, 6.07) is 11.2. The summed E-state index contributed by atoms with van der Waals surface area (Å²) in [5, 5.41) is 11.3. The van der Waals surface area contributed by atoms with E-state index >= 15 is 0 Å². The van der Waals surface area contributed by atoms with Crippen LogP contribution in [0, 0.1) is 5.82 Å². The van der Waals surface area contributed by atoms with E-state index in [1.54, 1.807) is 18.5 Å². The molecule has 2 unspecified atom stereocenters. The SMILES string of the molecule is OC(CC1c2ccccc2-c2cncn21)c1c(Br)cc2occc2c1F. The number of aromatic nitrogens is 2. The number of hydrogen-bond acceptors (Lipinski definition) is 3. The number of rotatable bonds is 3. The monoisotopic (exact) mass is 412 g/mol. The minimum atomic E-state index is -0.977. The molecule has 0 fully saturated rings. The lowest BCUT2D eigenvalue weighted by atomic mass is 9.95. The van der Waals surface area contributed by atoms with Crippen molar-refractivity contribution >= 4 is 26.9 Å². The summed E-state index contributed by atoms with van der Waals surface area (Å²) < 4.78 is 22.8. The Hall–Kier alpha value is -2.44. The molecule has 0 aliphatic carbocycles. The molecular weight excluding hydrogens is 399 g/mol. The highest BCUT2D eigenvalue weighted by Crippen LogP contribution is 2.44. The fraction of sp³-hybridized carbons (Fsp3) is 0.150. The van der Waals surface area contributed by atoms with E-state index in [2.05, 4.69) is 20.9 Å². The molecule has 3 heterocycles. The third-order valence-corrected chi connectivity index (χ3v) is 5.72. The van der Waals surface area contributed by atoms with Gasteiger partial charge in [-0.15, -0.1) is 0 Å². The van der Waals surface area contributed by atoms with Crippen LogP contribution >= 0.6 is 15.9 Å². The van der Waals surface area contributed by atoms with Gasteiger partial charge < -0.3 is 14.1 Å². The minimum Gasteiger partial charge on any atom is -0.464 e. The predicted octanol–water partition coefficient (Wildman–Crippen LogP) is 5.22. The van der Waals surface area contributed by atoms with Crippen LogP contribution < -0.4 is 0 Å². The van der Waals surface area contributed by atoms with Crippen LogP contribution in [0.5, 0.6) is 0 Å².